The van der Waals surface area contributed by atoms with Crippen molar-refractivity contribution in [2.75, 3.05) is 7.11 Å². The van der Waals surface area contributed by atoms with Crippen LogP contribution in [0.3, 0.4) is 0 Å². The largest absolute Gasteiger partial charge is 0.467 e. The third kappa shape index (κ3) is 4.64. The highest BCUT2D eigenvalue weighted by Crippen LogP contribution is 2.05. The molecule has 0 aliphatic rings. The number of amides is 1. The Labute approximate surface area is 84.3 Å². The standard InChI is InChI=1S/C10H17NO3/c1-5-9(12)11-8(6-7(2)3)10(13)14-4/h5,7-8H,1,6H2,2-4H3,(H,11,12)/t8-/m1/s1. The number of rotatable bonds is 5. The number of hydrogen-bond acceptors (Lipinski definition) is 3. The van der Waals surface area contributed by atoms with Gasteiger partial charge in [-0.1, -0.05) is 20.4 Å². The van der Waals surface area contributed by atoms with E-state index in [1.807, 2.05) is 13.8 Å². The third-order valence-electron chi connectivity index (χ3n) is 1.69. The van der Waals surface area contributed by atoms with Crippen LogP contribution >= 0.6 is 0 Å². The lowest BCUT2D eigenvalue weighted by molar-refractivity contribution is -0.145. The molecule has 0 aromatic heterocycles. The Hall–Kier alpha value is -1.32. The molecule has 14 heavy (non-hydrogen) atoms. The van der Waals surface area contributed by atoms with Gasteiger partial charge < -0.3 is 10.1 Å². The summed E-state index contributed by atoms with van der Waals surface area (Å²) in [5.74, 6) is -0.473. The summed E-state index contributed by atoms with van der Waals surface area (Å²) in [6.45, 7) is 7.25. The van der Waals surface area contributed by atoms with E-state index in [0.29, 0.717) is 12.3 Å². The monoisotopic (exact) mass is 199 g/mol. The second-order valence-corrected chi connectivity index (χ2v) is 3.42. The van der Waals surface area contributed by atoms with Crippen molar-refractivity contribution in [2.24, 2.45) is 5.92 Å². The van der Waals surface area contributed by atoms with E-state index in [-0.39, 0.29) is 5.91 Å². The van der Waals surface area contributed by atoms with E-state index in [1.165, 1.54) is 7.11 Å². The summed E-state index contributed by atoms with van der Waals surface area (Å²) in [4.78, 5) is 22.2. The molecule has 0 saturated carbocycles. The van der Waals surface area contributed by atoms with Gasteiger partial charge in [0.2, 0.25) is 5.91 Å². The molecule has 0 saturated heterocycles. The smallest absolute Gasteiger partial charge is 0.328 e. The van der Waals surface area contributed by atoms with E-state index in [9.17, 15) is 9.59 Å². The maximum absolute atomic E-state index is 11.2. The first-order valence-electron chi connectivity index (χ1n) is 4.52. The lowest BCUT2D eigenvalue weighted by Gasteiger charge is -2.17. The number of methoxy groups -OCH3 is 1. The fourth-order valence-electron chi connectivity index (χ4n) is 1.06. The van der Waals surface area contributed by atoms with Crippen molar-refractivity contribution in [3.05, 3.63) is 12.7 Å². The van der Waals surface area contributed by atoms with Gasteiger partial charge in [-0.05, 0) is 18.4 Å². The van der Waals surface area contributed by atoms with Gasteiger partial charge in [-0.25, -0.2) is 4.79 Å². The van der Waals surface area contributed by atoms with Crippen molar-refractivity contribution >= 4 is 11.9 Å². The molecule has 0 unspecified atom stereocenters. The maximum Gasteiger partial charge on any atom is 0.328 e. The van der Waals surface area contributed by atoms with Crippen molar-refractivity contribution in [3.63, 3.8) is 0 Å². The Morgan fingerprint density at radius 3 is 2.43 bits per heavy atom. The van der Waals surface area contributed by atoms with Crippen LogP contribution in [0.1, 0.15) is 20.3 Å². The molecule has 0 aliphatic carbocycles. The van der Waals surface area contributed by atoms with Crippen molar-refractivity contribution in [3.8, 4) is 0 Å². The lowest BCUT2D eigenvalue weighted by atomic mass is 10.0. The molecule has 0 aromatic rings. The Morgan fingerprint density at radius 2 is 2.07 bits per heavy atom. The van der Waals surface area contributed by atoms with Gasteiger partial charge in [-0.15, -0.1) is 0 Å². The highest BCUT2D eigenvalue weighted by molar-refractivity contribution is 5.90. The molecule has 0 heterocycles. The summed E-state index contributed by atoms with van der Waals surface area (Å²) in [6.07, 6.45) is 1.70. The number of nitrogens with one attached hydrogen (secondary N) is 1. The van der Waals surface area contributed by atoms with Crippen molar-refractivity contribution < 1.29 is 14.3 Å². The summed E-state index contributed by atoms with van der Waals surface area (Å²) in [6, 6.07) is -0.578. The first-order chi connectivity index (χ1) is 6.51. The van der Waals surface area contributed by atoms with Gasteiger partial charge in [0.1, 0.15) is 6.04 Å². The molecule has 4 heteroatoms. The molecule has 0 aromatic carbocycles. The van der Waals surface area contributed by atoms with Gasteiger partial charge in [0, 0.05) is 0 Å². The molecule has 0 aliphatic heterocycles. The summed E-state index contributed by atoms with van der Waals surface area (Å²) >= 11 is 0. The molecule has 1 N–H and O–H groups in total. The Bertz CT molecular complexity index is 223. The van der Waals surface area contributed by atoms with Gasteiger partial charge in [0.25, 0.3) is 0 Å². The molecule has 1 amide bonds. The average Bonchev–Trinajstić information content (AvgIpc) is 2.14. The maximum atomic E-state index is 11.2. The fourth-order valence-corrected chi connectivity index (χ4v) is 1.06. The van der Waals surface area contributed by atoms with Crippen LogP contribution in [0, 0.1) is 5.92 Å². The highest BCUT2D eigenvalue weighted by atomic mass is 16.5. The number of ether oxygens (including phenoxy) is 1. The molecule has 1 atom stereocenters. The van der Waals surface area contributed by atoms with Crippen molar-refractivity contribution in [2.45, 2.75) is 26.3 Å². The second-order valence-electron chi connectivity index (χ2n) is 3.42. The van der Waals surface area contributed by atoms with Crippen LogP contribution in [0.2, 0.25) is 0 Å². The summed E-state index contributed by atoms with van der Waals surface area (Å²) in [5, 5.41) is 2.52. The average molecular weight is 199 g/mol. The second kappa shape index (κ2) is 6.18. The van der Waals surface area contributed by atoms with Crippen molar-refractivity contribution in [1.29, 1.82) is 0 Å². The first kappa shape index (κ1) is 12.7. The van der Waals surface area contributed by atoms with E-state index in [4.69, 9.17) is 0 Å². The molecule has 80 valence electrons. The molecule has 4 nitrogen and oxygen atoms in total. The van der Waals surface area contributed by atoms with Crippen LogP contribution < -0.4 is 5.32 Å². The normalized spacial score (nSPS) is 12.0. The van der Waals surface area contributed by atoms with Crippen LogP contribution in [0.15, 0.2) is 12.7 Å². The molecule has 0 radical (unpaired) electrons. The van der Waals surface area contributed by atoms with E-state index in [1.54, 1.807) is 0 Å². The van der Waals surface area contributed by atoms with Crippen LogP contribution in [-0.4, -0.2) is 25.0 Å². The Balaban J connectivity index is 4.31. The van der Waals surface area contributed by atoms with E-state index in [0.717, 1.165) is 6.08 Å². The topological polar surface area (TPSA) is 55.4 Å². The van der Waals surface area contributed by atoms with Crippen LogP contribution in [0.25, 0.3) is 0 Å². The molecule has 0 bridgehead atoms. The summed E-state index contributed by atoms with van der Waals surface area (Å²) < 4.78 is 4.57. The molecule has 0 rings (SSSR count). The molecular weight excluding hydrogens is 182 g/mol. The number of esters is 1. The minimum Gasteiger partial charge on any atom is -0.467 e. The summed E-state index contributed by atoms with van der Waals surface area (Å²) in [7, 11) is 1.30. The Kier molecular flexibility index (Phi) is 5.60. The number of carbonyl (C=O) groups excluding carboxylic acids is 2. The third-order valence-corrected chi connectivity index (χ3v) is 1.69. The highest BCUT2D eigenvalue weighted by Gasteiger charge is 2.21. The van der Waals surface area contributed by atoms with E-state index >= 15 is 0 Å². The van der Waals surface area contributed by atoms with Crippen LogP contribution in [0.5, 0.6) is 0 Å². The van der Waals surface area contributed by atoms with Gasteiger partial charge >= 0.3 is 5.97 Å². The predicted octanol–water partition coefficient (Wildman–Crippen LogP) is 0.876. The molecule has 0 spiro atoms. The van der Waals surface area contributed by atoms with Gasteiger partial charge in [-0.2, -0.15) is 0 Å². The number of carbonyl (C=O) groups is 2. The summed E-state index contributed by atoms with van der Waals surface area (Å²) in [5.41, 5.74) is 0. The van der Waals surface area contributed by atoms with Crippen LogP contribution in [0.4, 0.5) is 0 Å². The zero-order chi connectivity index (χ0) is 11.1. The van der Waals surface area contributed by atoms with Gasteiger partial charge in [0.05, 0.1) is 7.11 Å². The van der Waals surface area contributed by atoms with E-state index < -0.39 is 12.0 Å². The number of hydrogen-bond donors (Lipinski definition) is 1. The van der Waals surface area contributed by atoms with Crippen molar-refractivity contribution in [1.82, 2.24) is 5.32 Å². The van der Waals surface area contributed by atoms with Crippen LogP contribution in [-0.2, 0) is 14.3 Å². The van der Waals surface area contributed by atoms with Gasteiger partial charge in [-0.3, -0.25) is 4.79 Å². The predicted molar refractivity (Wildman–Crippen MR) is 53.6 cm³/mol. The Morgan fingerprint density at radius 1 is 1.50 bits per heavy atom. The molecular formula is C10H17NO3. The minimum absolute atomic E-state index is 0.309. The fraction of sp³-hybridized carbons (Fsp3) is 0.600. The minimum atomic E-state index is -0.578. The lowest BCUT2D eigenvalue weighted by Crippen LogP contribution is -2.41. The van der Waals surface area contributed by atoms with E-state index in [2.05, 4.69) is 16.6 Å². The molecule has 0 fully saturated rings. The zero-order valence-electron chi connectivity index (χ0n) is 8.87. The van der Waals surface area contributed by atoms with Gasteiger partial charge in [0.15, 0.2) is 0 Å². The first-order valence-corrected chi connectivity index (χ1v) is 4.52. The SMILES string of the molecule is C=CC(=O)N[C@H](CC(C)C)C(=O)OC. The quantitative estimate of drug-likeness (QED) is 0.528. The zero-order valence-corrected chi connectivity index (χ0v) is 8.87.